The molecule has 1 aromatic carbocycles. The van der Waals surface area contributed by atoms with Crippen molar-refractivity contribution in [2.24, 2.45) is 5.92 Å². The first-order valence-electron chi connectivity index (χ1n) is 10.7. The summed E-state index contributed by atoms with van der Waals surface area (Å²) in [4.78, 5) is 28.1. The van der Waals surface area contributed by atoms with Crippen LogP contribution in [0.25, 0.3) is 5.65 Å². The number of rotatable bonds is 6. The van der Waals surface area contributed by atoms with E-state index in [4.69, 9.17) is 4.74 Å². The topological polar surface area (TPSA) is 84.6 Å². The Morgan fingerprint density at radius 3 is 2.91 bits per heavy atom. The van der Waals surface area contributed by atoms with Gasteiger partial charge in [0.25, 0.3) is 0 Å². The normalized spacial score (nSPS) is 16.1. The SMILES string of the molecule is O=C(Nc1cccc(OCc2cn3ccccc3n2)c1)C1CCCN(c2ncccn2)C1. The molecule has 4 aromatic rings. The van der Waals surface area contributed by atoms with Crippen LogP contribution in [-0.2, 0) is 11.4 Å². The number of hydrogen-bond donors (Lipinski definition) is 1. The standard InChI is InChI=1S/C24H24N6O2/c31-23(18-6-4-13-30(15-18)24-25-10-5-11-26-24)28-19-7-3-8-21(14-19)32-17-20-16-29-12-2-1-9-22(29)27-20/h1-3,5,7-12,14,16,18H,4,6,13,15,17H2,(H,28,31). The molecule has 32 heavy (non-hydrogen) atoms. The van der Waals surface area contributed by atoms with Crippen LogP contribution in [0.3, 0.4) is 0 Å². The minimum atomic E-state index is -0.116. The first-order valence-corrected chi connectivity index (χ1v) is 10.7. The summed E-state index contributed by atoms with van der Waals surface area (Å²) >= 11 is 0. The van der Waals surface area contributed by atoms with Crippen molar-refractivity contribution in [3.63, 3.8) is 0 Å². The van der Waals surface area contributed by atoms with E-state index in [1.807, 2.05) is 59.3 Å². The molecule has 0 saturated carbocycles. The Kier molecular flexibility index (Phi) is 5.65. The molecule has 4 heterocycles. The van der Waals surface area contributed by atoms with E-state index < -0.39 is 0 Å². The molecule has 1 aliphatic heterocycles. The van der Waals surface area contributed by atoms with Gasteiger partial charge in [0.2, 0.25) is 11.9 Å². The quantitative estimate of drug-likeness (QED) is 0.506. The lowest BCUT2D eigenvalue weighted by Gasteiger charge is -2.31. The number of nitrogens with zero attached hydrogens (tertiary/aromatic N) is 5. The van der Waals surface area contributed by atoms with Crippen molar-refractivity contribution in [1.82, 2.24) is 19.4 Å². The van der Waals surface area contributed by atoms with Crippen molar-refractivity contribution in [2.45, 2.75) is 19.4 Å². The minimum Gasteiger partial charge on any atom is -0.487 e. The molecule has 8 nitrogen and oxygen atoms in total. The van der Waals surface area contributed by atoms with Gasteiger partial charge in [0, 0.05) is 49.6 Å². The van der Waals surface area contributed by atoms with E-state index in [-0.39, 0.29) is 11.8 Å². The van der Waals surface area contributed by atoms with E-state index in [1.165, 1.54) is 0 Å². The molecule has 1 amide bonds. The predicted molar refractivity (Wildman–Crippen MR) is 122 cm³/mol. The first kappa shape index (κ1) is 20.0. The summed E-state index contributed by atoms with van der Waals surface area (Å²) < 4.78 is 7.87. The Hall–Kier alpha value is -3.94. The molecule has 3 aromatic heterocycles. The molecule has 0 spiro atoms. The van der Waals surface area contributed by atoms with E-state index in [9.17, 15) is 4.79 Å². The molecule has 1 atom stereocenters. The van der Waals surface area contributed by atoms with Crippen LogP contribution in [0.1, 0.15) is 18.5 Å². The average molecular weight is 428 g/mol. The Balaban J connectivity index is 1.20. The number of nitrogens with one attached hydrogen (secondary N) is 1. The zero-order chi connectivity index (χ0) is 21.8. The van der Waals surface area contributed by atoms with Gasteiger partial charge in [0.05, 0.1) is 11.6 Å². The number of amides is 1. The molecule has 0 radical (unpaired) electrons. The highest BCUT2D eigenvalue weighted by Crippen LogP contribution is 2.23. The van der Waals surface area contributed by atoms with Crippen molar-refractivity contribution < 1.29 is 9.53 Å². The van der Waals surface area contributed by atoms with Gasteiger partial charge in [-0.2, -0.15) is 0 Å². The van der Waals surface area contributed by atoms with Gasteiger partial charge in [-0.3, -0.25) is 4.79 Å². The second kappa shape index (κ2) is 9.05. The van der Waals surface area contributed by atoms with Gasteiger partial charge in [-0.25, -0.2) is 15.0 Å². The predicted octanol–water partition coefficient (Wildman–Crippen LogP) is 3.56. The van der Waals surface area contributed by atoms with Crippen LogP contribution in [0.2, 0.25) is 0 Å². The molecule has 8 heteroatoms. The van der Waals surface area contributed by atoms with Crippen LogP contribution in [0.4, 0.5) is 11.6 Å². The van der Waals surface area contributed by atoms with Crippen LogP contribution in [-0.4, -0.2) is 38.3 Å². The van der Waals surface area contributed by atoms with Gasteiger partial charge >= 0.3 is 0 Å². The number of aromatic nitrogens is 4. The Morgan fingerprint density at radius 1 is 1.12 bits per heavy atom. The molecule has 162 valence electrons. The van der Waals surface area contributed by atoms with Crippen molar-refractivity contribution >= 4 is 23.2 Å². The Morgan fingerprint density at radius 2 is 2.03 bits per heavy atom. The third-order valence-corrected chi connectivity index (χ3v) is 5.53. The number of piperidine rings is 1. The second-order valence-electron chi connectivity index (χ2n) is 7.84. The number of benzene rings is 1. The molecule has 1 saturated heterocycles. The molecule has 1 unspecified atom stereocenters. The molecule has 1 fully saturated rings. The minimum absolute atomic E-state index is 0.00290. The fraction of sp³-hybridized carbons (Fsp3) is 0.250. The number of carbonyl (C=O) groups excluding carboxylic acids is 1. The van der Waals surface area contributed by atoms with Crippen LogP contribution in [0.5, 0.6) is 5.75 Å². The summed E-state index contributed by atoms with van der Waals surface area (Å²) in [5.41, 5.74) is 2.45. The van der Waals surface area contributed by atoms with Crippen LogP contribution >= 0.6 is 0 Å². The number of hydrogen-bond acceptors (Lipinski definition) is 6. The Bertz CT molecular complexity index is 1180. The van der Waals surface area contributed by atoms with Gasteiger partial charge in [0.15, 0.2) is 0 Å². The van der Waals surface area contributed by atoms with Crippen molar-refractivity contribution in [2.75, 3.05) is 23.3 Å². The zero-order valence-corrected chi connectivity index (χ0v) is 17.6. The second-order valence-corrected chi connectivity index (χ2v) is 7.84. The van der Waals surface area contributed by atoms with E-state index in [2.05, 4.69) is 25.2 Å². The number of anilines is 2. The monoisotopic (exact) mass is 428 g/mol. The van der Waals surface area contributed by atoms with Gasteiger partial charge in [-0.15, -0.1) is 0 Å². The van der Waals surface area contributed by atoms with E-state index >= 15 is 0 Å². The number of carbonyl (C=O) groups is 1. The lowest BCUT2D eigenvalue weighted by atomic mass is 9.97. The largest absolute Gasteiger partial charge is 0.487 e. The lowest BCUT2D eigenvalue weighted by molar-refractivity contribution is -0.120. The smallest absolute Gasteiger partial charge is 0.229 e. The van der Waals surface area contributed by atoms with Gasteiger partial charge in [-0.05, 0) is 43.2 Å². The third-order valence-electron chi connectivity index (χ3n) is 5.53. The zero-order valence-electron chi connectivity index (χ0n) is 17.6. The number of imidazole rings is 1. The van der Waals surface area contributed by atoms with Crippen LogP contribution in [0.15, 0.2) is 73.3 Å². The fourth-order valence-electron chi connectivity index (χ4n) is 3.95. The van der Waals surface area contributed by atoms with Crippen molar-refractivity contribution in [3.8, 4) is 5.75 Å². The summed E-state index contributed by atoms with van der Waals surface area (Å²) in [6.45, 7) is 1.83. The van der Waals surface area contributed by atoms with Crippen molar-refractivity contribution in [3.05, 3.63) is 79.0 Å². The third kappa shape index (κ3) is 4.54. The number of ether oxygens (including phenoxy) is 1. The van der Waals surface area contributed by atoms with Crippen LogP contribution < -0.4 is 15.0 Å². The first-order chi connectivity index (χ1) is 15.7. The Labute approximate surface area is 185 Å². The van der Waals surface area contributed by atoms with E-state index in [0.717, 1.165) is 36.4 Å². The highest BCUT2D eigenvalue weighted by Gasteiger charge is 2.27. The summed E-state index contributed by atoms with van der Waals surface area (Å²) in [5, 5.41) is 3.04. The summed E-state index contributed by atoms with van der Waals surface area (Å²) in [6, 6.07) is 15.1. The molecule has 1 N–H and O–H groups in total. The van der Waals surface area contributed by atoms with E-state index in [1.54, 1.807) is 18.5 Å². The highest BCUT2D eigenvalue weighted by atomic mass is 16.5. The molecule has 1 aliphatic rings. The molecule has 5 rings (SSSR count). The maximum atomic E-state index is 12.9. The fourth-order valence-corrected chi connectivity index (χ4v) is 3.95. The molecule has 0 aliphatic carbocycles. The summed E-state index contributed by atoms with van der Waals surface area (Å²) in [6.07, 6.45) is 9.13. The molecular weight excluding hydrogens is 404 g/mol. The summed E-state index contributed by atoms with van der Waals surface area (Å²) in [7, 11) is 0. The molecule has 0 bridgehead atoms. The van der Waals surface area contributed by atoms with Gasteiger partial charge in [-0.1, -0.05) is 12.1 Å². The highest BCUT2D eigenvalue weighted by molar-refractivity contribution is 5.93. The van der Waals surface area contributed by atoms with Gasteiger partial charge in [0.1, 0.15) is 18.0 Å². The van der Waals surface area contributed by atoms with Gasteiger partial charge < -0.3 is 19.4 Å². The van der Waals surface area contributed by atoms with E-state index in [0.29, 0.717) is 24.8 Å². The molecular formula is C24H24N6O2. The maximum Gasteiger partial charge on any atom is 0.229 e. The average Bonchev–Trinajstić information content (AvgIpc) is 3.27. The van der Waals surface area contributed by atoms with Crippen LogP contribution in [0, 0.1) is 5.92 Å². The number of fused-ring (bicyclic) bond motifs is 1. The lowest BCUT2D eigenvalue weighted by Crippen LogP contribution is -2.41. The number of pyridine rings is 1. The maximum absolute atomic E-state index is 12.9. The summed E-state index contributed by atoms with van der Waals surface area (Å²) in [5.74, 6) is 1.24. The van der Waals surface area contributed by atoms with Crippen molar-refractivity contribution in [1.29, 1.82) is 0 Å².